The average molecular weight is 694 g/mol. The zero-order valence-corrected chi connectivity index (χ0v) is 27.8. The van der Waals surface area contributed by atoms with Gasteiger partial charge in [0.05, 0.1) is 29.7 Å². The molecule has 3 amide bonds. The summed E-state index contributed by atoms with van der Waals surface area (Å²) in [7, 11) is 1.51. The number of methoxy groups -OCH3 is 1. The number of H-pyrrole nitrogens is 1. The van der Waals surface area contributed by atoms with Crippen molar-refractivity contribution in [3.8, 4) is 28.4 Å². The lowest BCUT2D eigenvalue weighted by Gasteiger charge is -2.39. The van der Waals surface area contributed by atoms with Crippen LogP contribution in [0.2, 0.25) is 0 Å². The van der Waals surface area contributed by atoms with Crippen LogP contribution in [-0.4, -0.2) is 71.1 Å². The third kappa shape index (κ3) is 7.28. The number of nitrogens with zero attached hydrogens (tertiary/aromatic N) is 2. The van der Waals surface area contributed by atoms with Crippen molar-refractivity contribution in [1.82, 2.24) is 25.1 Å². The molecule has 0 saturated carbocycles. The van der Waals surface area contributed by atoms with Crippen molar-refractivity contribution in [2.45, 2.75) is 38.1 Å². The second-order valence-corrected chi connectivity index (χ2v) is 12.5. The molecule has 0 unspecified atom stereocenters. The zero-order chi connectivity index (χ0) is 35.5. The summed E-state index contributed by atoms with van der Waals surface area (Å²) in [5.74, 6) is -0.558. The van der Waals surface area contributed by atoms with Crippen LogP contribution in [0.4, 0.5) is 4.39 Å². The number of nitrogens with one attached hydrogen (secondary N) is 3. The molecule has 1 saturated heterocycles. The number of amides is 3. The Hall–Kier alpha value is -6.11. The van der Waals surface area contributed by atoms with Gasteiger partial charge in [-0.2, -0.15) is 0 Å². The van der Waals surface area contributed by atoms with Crippen LogP contribution in [0.15, 0.2) is 89.7 Å². The van der Waals surface area contributed by atoms with E-state index in [0.29, 0.717) is 57.9 Å². The third-order valence-corrected chi connectivity index (χ3v) is 9.22. The SMILES string of the molecule is COc1cc2ccc1CNC(=O)COc1cccc(c1)-c1ccc(F)c(c1)C(=O)N[C@@H]1CN(C(=O)CCn3c(=O)[nH]c4ccccc43)CC[C@@H]1O2. The van der Waals surface area contributed by atoms with Crippen molar-refractivity contribution < 1.29 is 33.0 Å². The van der Waals surface area contributed by atoms with Gasteiger partial charge in [0.25, 0.3) is 11.8 Å². The van der Waals surface area contributed by atoms with Crippen LogP contribution in [0.5, 0.6) is 17.2 Å². The van der Waals surface area contributed by atoms with Crippen LogP contribution in [-0.2, 0) is 22.7 Å². The molecule has 4 aromatic carbocycles. The Morgan fingerprint density at radius 2 is 1.80 bits per heavy atom. The van der Waals surface area contributed by atoms with Crippen LogP contribution in [0, 0.1) is 5.82 Å². The van der Waals surface area contributed by atoms with E-state index in [4.69, 9.17) is 14.2 Å². The number of fused-ring (bicyclic) bond motifs is 8. The van der Waals surface area contributed by atoms with Crippen molar-refractivity contribution >= 4 is 28.8 Å². The molecule has 5 aromatic rings. The van der Waals surface area contributed by atoms with E-state index in [1.54, 1.807) is 59.5 Å². The van der Waals surface area contributed by atoms with Gasteiger partial charge in [-0.3, -0.25) is 19.0 Å². The predicted molar refractivity (Wildman–Crippen MR) is 186 cm³/mol. The molecule has 0 aliphatic carbocycles. The first kappa shape index (κ1) is 33.4. The third-order valence-electron chi connectivity index (χ3n) is 9.22. The fourth-order valence-corrected chi connectivity index (χ4v) is 6.53. The van der Waals surface area contributed by atoms with Gasteiger partial charge in [0, 0.05) is 50.7 Å². The Bertz CT molecular complexity index is 2180. The Labute approximate surface area is 292 Å². The maximum absolute atomic E-state index is 15.3. The molecule has 4 heterocycles. The van der Waals surface area contributed by atoms with Crippen molar-refractivity contribution in [3.63, 3.8) is 0 Å². The number of aryl methyl sites for hydroxylation is 1. The summed E-state index contributed by atoms with van der Waals surface area (Å²) < 4.78 is 34.5. The maximum Gasteiger partial charge on any atom is 0.326 e. The molecule has 3 aliphatic rings. The summed E-state index contributed by atoms with van der Waals surface area (Å²) >= 11 is 0. The molecule has 12 nitrogen and oxygen atoms in total. The van der Waals surface area contributed by atoms with Gasteiger partial charge in [-0.05, 0) is 59.7 Å². The number of halogens is 1. The molecule has 13 heteroatoms. The summed E-state index contributed by atoms with van der Waals surface area (Å²) in [6.45, 7) is 0.566. The Morgan fingerprint density at radius 1 is 0.961 bits per heavy atom. The summed E-state index contributed by atoms with van der Waals surface area (Å²) in [4.78, 5) is 57.0. The smallest absolute Gasteiger partial charge is 0.326 e. The highest BCUT2D eigenvalue weighted by atomic mass is 19.1. The first-order chi connectivity index (χ1) is 24.7. The lowest BCUT2D eigenvalue weighted by molar-refractivity contribution is -0.134. The molecule has 3 N–H and O–H groups in total. The Kier molecular flexibility index (Phi) is 9.42. The predicted octanol–water partition coefficient (Wildman–Crippen LogP) is 4.02. The van der Waals surface area contributed by atoms with Crippen molar-refractivity contribution in [3.05, 3.63) is 112 Å². The average Bonchev–Trinajstić information content (AvgIpc) is 3.47. The van der Waals surface area contributed by atoms with Crippen molar-refractivity contribution in [2.24, 2.45) is 0 Å². The minimum absolute atomic E-state index is 0.0581. The summed E-state index contributed by atoms with van der Waals surface area (Å²) in [6.07, 6.45) is -0.169. The molecule has 1 aromatic heterocycles. The van der Waals surface area contributed by atoms with E-state index in [2.05, 4.69) is 15.6 Å². The van der Waals surface area contributed by atoms with Crippen molar-refractivity contribution in [2.75, 3.05) is 26.8 Å². The fraction of sp³-hybridized carbons (Fsp3) is 0.263. The minimum Gasteiger partial charge on any atom is -0.496 e. The van der Waals surface area contributed by atoms with Gasteiger partial charge in [0.2, 0.25) is 5.91 Å². The van der Waals surface area contributed by atoms with Crippen LogP contribution in [0.3, 0.4) is 0 Å². The first-order valence-corrected chi connectivity index (χ1v) is 16.6. The number of carbonyl (C=O) groups is 3. The van der Waals surface area contributed by atoms with Gasteiger partial charge >= 0.3 is 5.69 Å². The van der Waals surface area contributed by atoms with E-state index in [0.717, 1.165) is 0 Å². The fourth-order valence-electron chi connectivity index (χ4n) is 6.53. The monoisotopic (exact) mass is 693 g/mol. The number of benzene rings is 4. The van der Waals surface area contributed by atoms with Crippen molar-refractivity contribution in [1.29, 1.82) is 0 Å². The number of hydrogen-bond donors (Lipinski definition) is 3. The van der Waals surface area contributed by atoms with E-state index >= 15 is 4.39 Å². The highest BCUT2D eigenvalue weighted by Gasteiger charge is 2.35. The molecule has 51 heavy (non-hydrogen) atoms. The molecule has 1 fully saturated rings. The van der Waals surface area contributed by atoms with Gasteiger partial charge in [-0.1, -0.05) is 30.3 Å². The molecule has 2 atom stereocenters. The minimum atomic E-state index is -0.721. The lowest BCUT2D eigenvalue weighted by atomic mass is 9.99. The number of rotatable bonds is 4. The highest BCUT2D eigenvalue weighted by Crippen LogP contribution is 2.29. The molecule has 8 rings (SSSR count). The molecular weight excluding hydrogens is 657 g/mol. The topological polar surface area (TPSA) is 144 Å². The molecule has 6 bridgehead atoms. The van der Waals surface area contributed by atoms with E-state index in [9.17, 15) is 19.2 Å². The number of aromatic nitrogens is 2. The number of likely N-dealkylation sites (tertiary alicyclic amines) is 1. The number of hydrogen-bond acceptors (Lipinski definition) is 7. The first-order valence-electron chi connectivity index (χ1n) is 16.6. The van der Waals surface area contributed by atoms with Crippen LogP contribution < -0.4 is 30.5 Å². The normalized spacial score (nSPS) is 17.8. The number of para-hydroxylation sites is 2. The van der Waals surface area contributed by atoms with E-state index in [-0.39, 0.29) is 55.7 Å². The second kappa shape index (κ2) is 14.4. The maximum atomic E-state index is 15.3. The van der Waals surface area contributed by atoms with Gasteiger partial charge in [-0.15, -0.1) is 0 Å². The Morgan fingerprint density at radius 3 is 2.67 bits per heavy atom. The van der Waals surface area contributed by atoms with Gasteiger partial charge in [0.1, 0.15) is 29.2 Å². The van der Waals surface area contributed by atoms with Gasteiger partial charge in [-0.25, -0.2) is 9.18 Å². The number of ether oxygens (including phenoxy) is 3. The quantitative estimate of drug-likeness (QED) is 0.258. The largest absolute Gasteiger partial charge is 0.496 e. The number of carbonyl (C=O) groups excluding carboxylic acids is 3. The van der Waals surface area contributed by atoms with Gasteiger partial charge in [0.15, 0.2) is 6.61 Å². The summed E-state index contributed by atoms with van der Waals surface area (Å²) in [5, 5.41) is 5.79. The highest BCUT2D eigenvalue weighted by molar-refractivity contribution is 5.96. The molecule has 0 radical (unpaired) electrons. The van der Waals surface area contributed by atoms with Crippen LogP contribution in [0.1, 0.15) is 28.8 Å². The number of imidazole rings is 1. The van der Waals surface area contributed by atoms with Crippen LogP contribution in [0.25, 0.3) is 22.2 Å². The zero-order valence-electron chi connectivity index (χ0n) is 27.8. The summed E-state index contributed by atoms with van der Waals surface area (Å²) in [6, 6.07) is 23.0. The van der Waals surface area contributed by atoms with Gasteiger partial charge < -0.3 is 34.7 Å². The van der Waals surface area contributed by atoms with E-state index in [1.165, 1.54) is 23.8 Å². The molecule has 0 spiro atoms. The van der Waals surface area contributed by atoms with E-state index in [1.807, 2.05) is 18.2 Å². The second-order valence-electron chi connectivity index (χ2n) is 12.5. The standard InChI is InChI=1S/C38H36FN5O7/c1-49-34-19-27-11-9-25(34)20-40-35(45)22-50-26-6-4-5-23(17-26)24-10-12-29(39)28(18-24)37(47)41-31-21-43(15-13-33(31)51-27)36(46)14-16-44-32-8-3-2-7-30(32)42-38(44)48/h2-12,17-19,31,33H,13-16,20-22H2,1H3,(H,40,45)(H,41,47)(H,42,48)/t31-,33+/m1/s1. The number of aromatic amines is 1. The molecule has 262 valence electrons. The molecule has 3 aliphatic heterocycles. The summed E-state index contributed by atoms with van der Waals surface area (Å²) in [5.41, 5.74) is 2.85. The Balaban J connectivity index is 1.18. The molecular formula is C38H36FN5O7. The number of piperidine rings is 1. The van der Waals surface area contributed by atoms with Crippen LogP contribution >= 0.6 is 0 Å². The van der Waals surface area contributed by atoms with E-state index < -0.39 is 23.9 Å². The lowest BCUT2D eigenvalue weighted by Crippen LogP contribution is -2.58.